The second-order valence-electron chi connectivity index (χ2n) is 6.22. The highest BCUT2D eigenvalue weighted by molar-refractivity contribution is 5.70. The van der Waals surface area contributed by atoms with Gasteiger partial charge >= 0.3 is 6.09 Å². The molecule has 114 valence electrons. The minimum absolute atomic E-state index is 0.199. The molecule has 1 aromatic rings. The lowest BCUT2D eigenvalue weighted by Crippen LogP contribution is -2.35. The van der Waals surface area contributed by atoms with Crippen molar-refractivity contribution in [3.8, 4) is 0 Å². The van der Waals surface area contributed by atoms with Crippen LogP contribution in [0.4, 0.5) is 10.6 Å². The Labute approximate surface area is 125 Å². The minimum Gasteiger partial charge on any atom is -0.441 e. The molecule has 6 heteroatoms. The molecule has 0 aromatic carbocycles. The standard InChI is InChI=1S/C15H22N4O2/c1-11-9-16-17-13(12(11)2)19-7-4-5-15(6-8-19)10-18(3)14(20)21-15/h9H,4-8,10H2,1-3H3. The average Bonchev–Trinajstić information content (AvgIpc) is 2.61. The van der Waals surface area contributed by atoms with Gasteiger partial charge in [0.2, 0.25) is 0 Å². The van der Waals surface area contributed by atoms with Gasteiger partial charge in [-0.2, -0.15) is 5.10 Å². The number of nitrogens with zero attached hydrogens (tertiary/aromatic N) is 4. The van der Waals surface area contributed by atoms with Gasteiger partial charge in [0.1, 0.15) is 5.60 Å². The molecule has 2 aliphatic heterocycles. The number of anilines is 1. The Kier molecular flexibility index (Phi) is 3.47. The summed E-state index contributed by atoms with van der Waals surface area (Å²) in [5.74, 6) is 0.963. The quantitative estimate of drug-likeness (QED) is 0.790. The second-order valence-corrected chi connectivity index (χ2v) is 6.22. The topological polar surface area (TPSA) is 58.6 Å². The fraction of sp³-hybridized carbons (Fsp3) is 0.667. The van der Waals surface area contributed by atoms with E-state index in [2.05, 4.69) is 28.9 Å². The number of rotatable bonds is 1. The smallest absolute Gasteiger partial charge is 0.410 e. The van der Waals surface area contributed by atoms with E-state index in [1.807, 2.05) is 0 Å². The van der Waals surface area contributed by atoms with Gasteiger partial charge in [-0.1, -0.05) is 0 Å². The number of aryl methyl sites for hydroxylation is 1. The summed E-state index contributed by atoms with van der Waals surface area (Å²) in [5.41, 5.74) is 2.03. The normalized spacial score (nSPS) is 26.1. The van der Waals surface area contributed by atoms with E-state index in [1.165, 1.54) is 5.56 Å². The monoisotopic (exact) mass is 290 g/mol. The first-order valence-corrected chi connectivity index (χ1v) is 7.49. The third-order valence-electron chi connectivity index (χ3n) is 4.67. The summed E-state index contributed by atoms with van der Waals surface area (Å²) >= 11 is 0. The summed E-state index contributed by atoms with van der Waals surface area (Å²) in [5, 5.41) is 8.39. The van der Waals surface area contributed by atoms with Crippen LogP contribution >= 0.6 is 0 Å². The number of likely N-dealkylation sites (N-methyl/N-ethyl adjacent to an activating group) is 1. The van der Waals surface area contributed by atoms with Crippen LogP contribution in [0.3, 0.4) is 0 Å². The molecule has 0 radical (unpaired) electrons. The van der Waals surface area contributed by atoms with Gasteiger partial charge in [-0.05, 0) is 37.8 Å². The number of hydrogen-bond donors (Lipinski definition) is 0. The van der Waals surface area contributed by atoms with E-state index in [0.29, 0.717) is 6.54 Å². The second kappa shape index (κ2) is 5.16. The molecule has 0 bridgehead atoms. The van der Waals surface area contributed by atoms with Crippen molar-refractivity contribution in [1.29, 1.82) is 0 Å². The zero-order valence-electron chi connectivity index (χ0n) is 12.9. The lowest BCUT2D eigenvalue weighted by molar-refractivity contribution is 0.0473. The van der Waals surface area contributed by atoms with Gasteiger partial charge in [-0.3, -0.25) is 0 Å². The van der Waals surface area contributed by atoms with Gasteiger partial charge in [-0.15, -0.1) is 5.10 Å². The van der Waals surface area contributed by atoms with Crippen molar-refractivity contribution in [1.82, 2.24) is 15.1 Å². The molecule has 0 N–H and O–H groups in total. The van der Waals surface area contributed by atoms with Crippen LogP contribution in [0.5, 0.6) is 0 Å². The molecule has 2 fully saturated rings. The minimum atomic E-state index is -0.314. The van der Waals surface area contributed by atoms with E-state index in [-0.39, 0.29) is 11.7 Å². The highest BCUT2D eigenvalue weighted by Gasteiger charge is 2.44. The van der Waals surface area contributed by atoms with Crippen LogP contribution in [0.25, 0.3) is 0 Å². The SMILES string of the molecule is Cc1cnnc(N2CCCC3(CC2)CN(C)C(=O)O3)c1C. The Morgan fingerprint density at radius 3 is 2.81 bits per heavy atom. The first-order chi connectivity index (χ1) is 10.0. The molecule has 2 saturated heterocycles. The van der Waals surface area contributed by atoms with Crippen molar-refractivity contribution in [2.45, 2.75) is 38.7 Å². The number of amides is 1. The molecule has 3 rings (SSSR count). The van der Waals surface area contributed by atoms with Crippen molar-refractivity contribution >= 4 is 11.9 Å². The van der Waals surface area contributed by atoms with Gasteiger partial charge in [0.05, 0.1) is 12.7 Å². The number of hydrogen-bond acceptors (Lipinski definition) is 5. The molecule has 2 aliphatic rings. The van der Waals surface area contributed by atoms with Crippen LogP contribution in [0.15, 0.2) is 6.20 Å². The van der Waals surface area contributed by atoms with Gasteiger partial charge in [-0.25, -0.2) is 4.79 Å². The summed E-state index contributed by atoms with van der Waals surface area (Å²) in [6, 6.07) is 0. The fourth-order valence-electron chi connectivity index (χ4n) is 3.25. The Hall–Kier alpha value is -1.85. The van der Waals surface area contributed by atoms with Crippen LogP contribution in [0.1, 0.15) is 30.4 Å². The van der Waals surface area contributed by atoms with Gasteiger partial charge in [0, 0.05) is 26.6 Å². The Bertz CT molecular complexity index is 563. The van der Waals surface area contributed by atoms with Crippen molar-refractivity contribution < 1.29 is 9.53 Å². The van der Waals surface area contributed by atoms with Crippen LogP contribution in [-0.2, 0) is 4.74 Å². The summed E-state index contributed by atoms with van der Waals surface area (Å²) in [7, 11) is 1.80. The summed E-state index contributed by atoms with van der Waals surface area (Å²) in [6.45, 7) is 6.62. The Morgan fingerprint density at radius 2 is 2.10 bits per heavy atom. The highest BCUT2D eigenvalue weighted by Crippen LogP contribution is 2.34. The van der Waals surface area contributed by atoms with Crippen molar-refractivity contribution in [2.24, 2.45) is 0 Å². The van der Waals surface area contributed by atoms with Crippen LogP contribution in [-0.4, -0.2) is 53.5 Å². The maximum Gasteiger partial charge on any atom is 0.410 e. The number of aromatic nitrogens is 2. The predicted molar refractivity (Wildman–Crippen MR) is 79.4 cm³/mol. The lowest BCUT2D eigenvalue weighted by Gasteiger charge is -2.26. The molecular formula is C15H22N4O2. The maximum atomic E-state index is 11.7. The zero-order valence-corrected chi connectivity index (χ0v) is 12.9. The first kappa shape index (κ1) is 14.1. The van der Waals surface area contributed by atoms with Gasteiger partial charge in [0.15, 0.2) is 5.82 Å². The summed E-state index contributed by atoms with van der Waals surface area (Å²) < 4.78 is 5.64. The van der Waals surface area contributed by atoms with E-state index in [9.17, 15) is 4.79 Å². The van der Waals surface area contributed by atoms with Crippen molar-refractivity contribution in [3.63, 3.8) is 0 Å². The summed E-state index contributed by atoms with van der Waals surface area (Å²) in [6.07, 6.45) is 4.35. The van der Waals surface area contributed by atoms with E-state index in [1.54, 1.807) is 18.1 Å². The molecule has 0 aliphatic carbocycles. The largest absolute Gasteiger partial charge is 0.441 e. The predicted octanol–water partition coefficient (Wildman–Crippen LogP) is 1.90. The zero-order chi connectivity index (χ0) is 15.0. The molecule has 1 amide bonds. The van der Waals surface area contributed by atoms with Crippen molar-refractivity contribution in [2.75, 3.05) is 31.6 Å². The van der Waals surface area contributed by atoms with Crippen LogP contribution < -0.4 is 4.90 Å². The molecule has 6 nitrogen and oxygen atoms in total. The van der Waals surface area contributed by atoms with E-state index >= 15 is 0 Å². The van der Waals surface area contributed by atoms with Crippen LogP contribution in [0.2, 0.25) is 0 Å². The molecule has 3 heterocycles. The molecular weight excluding hydrogens is 268 g/mol. The molecule has 1 spiro atoms. The first-order valence-electron chi connectivity index (χ1n) is 7.49. The number of carbonyl (C=O) groups excluding carboxylic acids is 1. The maximum absolute atomic E-state index is 11.7. The Morgan fingerprint density at radius 1 is 1.29 bits per heavy atom. The highest BCUT2D eigenvalue weighted by atomic mass is 16.6. The van der Waals surface area contributed by atoms with E-state index < -0.39 is 0 Å². The van der Waals surface area contributed by atoms with E-state index in [4.69, 9.17) is 4.74 Å². The van der Waals surface area contributed by atoms with Gasteiger partial charge < -0.3 is 14.5 Å². The third-order valence-corrected chi connectivity index (χ3v) is 4.67. The van der Waals surface area contributed by atoms with Crippen molar-refractivity contribution in [3.05, 3.63) is 17.3 Å². The molecule has 1 unspecified atom stereocenters. The lowest BCUT2D eigenvalue weighted by atomic mass is 9.95. The average molecular weight is 290 g/mol. The molecule has 0 saturated carbocycles. The third kappa shape index (κ3) is 2.54. The summed E-state index contributed by atoms with van der Waals surface area (Å²) in [4.78, 5) is 15.6. The molecule has 1 aromatic heterocycles. The molecule has 21 heavy (non-hydrogen) atoms. The van der Waals surface area contributed by atoms with Gasteiger partial charge in [0.25, 0.3) is 0 Å². The number of carbonyl (C=O) groups is 1. The van der Waals surface area contributed by atoms with Crippen LogP contribution in [0, 0.1) is 13.8 Å². The Balaban J connectivity index is 1.77. The number of ether oxygens (including phenoxy) is 1. The molecule has 1 atom stereocenters. The fourth-order valence-corrected chi connectivity index (χ4v) is 3.25. The van der Waals surface area contributed by atoms with E-state index in [0.717, 1.165) is 43.7 Å².